The molecule has 1 aliphatic rings. The van der Waals surface area contributed by atoms with E-state index in [1.807, 2.05) is 36.4 Å². The molecule has 3 aromatic rings. The van der Waals surface area contributed by atoms with E-state index < -0.39 is 10.0 Å². The third-order valence-corrected chi connectivity index (χ3v) is 8.06. The Balaban J connectivity index is 1.31. The summed E-state index contributed by atoms with van der Waals surface area (Å²) in [5, 5.41) is 4.81. The largest absolute Gasteiger partial charge is 0.368 e. The third kappa shape index (κ3) is 5.29. The lowest BCUT2D eigenvalue weighted by molar-refractivity contribution is -0.129. The Kier molecular flexibility index (Phi) is 7.29. The highest BCUT2D eigenvalue weighted by Crippen LogP contribution is 2.25. The fourth-order valence-electron chi connectivity index (χ4n) is 3.99. The molecule has 0 saturated carbocycles. The van der Waals surface area contributed by atoms with Crippen LogP contribution < -0.4 is 5.32 Å². The Bertz CT molecular complexity index is 1300. The van der Waals surface area contributed by atoms with E-state index in [2.05, 4.69) is 22.4 Å². The van der Waals surface area contributed by atoms with E-state index in [0.29, 0.717) is 11.9 Å². The molecule has 1 heterocycles. The molecule has 0 aliphatic carbocycles. The summed E-state index contributed by atoms with van der Waals surface area (Å²) < 4.78 is 27.6. The van der Waals surface area contributed by atoms with Gasteiger partial charge in [-0.25, -0.2) is 12.7 Å². The molecule has 4 rings (SSSR count). The maximum Gasteiger partial charge on any atom is 0.243 e. The van der Waals surface area contributed by atoms with Crippen molar-refractivity contribution in [1.82, 2.24) is 14.5 Å². The van der Waals surface area contributed by atoms with Crippen molar-refractivity contribution in [3.05, 3.63) is 77.9 Å². The molecular formula is C26H30N4O3S. The fraction of sp³-hybridized carbons (Fsp3) is 0.308. The van der Waals surface area contributed by atoms with Crippen LogP contribution in [0.4, 0.5) is 0 Å². The number of aliphatic imine (C=N–C) groups is 1. The van der Waals surface area contributed by atoms with Gasteiger partial charge in [0.15, 0.2) is 0 Å². The molecule has 0 spiro atoms. The number of amides is 1. The molecular weight excluding hydrogens is 448 g/mol. The van der Waals surface area contributed by atoms with Crippen molar-refractivity contribution in [2.75, 3.05) is 40.3 Å². The second-order valence-electron chi connectivity index (χ2n) is 8.47. The first-order chi connectivity index (χ1) is 16.4. The van der Waals surface area contributed by atoms with Crippen molar-refractivity contribution in [3.63, 3.8) is 0 Å². The van der Waals surface area contributed by atoms with Gasteiger partial charge in [-0.3, -0.25) is 9.79 Å². The summed E-state index contributed by atoms with van der Waals surface area (Å²) in [5.41, 5.74) is 2.21. The predicted octanol–water partition coefficient (Wildman–Crippen LogP) is 2.90. The van der Waals surface area contributed by atoms with Crippen LogP contribution in [0.15, 0.2) is 76.6 Å². The van der Waals surface area contributed by atoms with Crippen LogP contribution in [0.5, 0.6) is 0 Å². The number of benzene rings is 3. The van der Waals surface area contributed by atoms with Gasteiger partial charge in [-0.15, -0.1) is 0 Å². The average molecular weight is 479 g/mol. The highest BCUT2D eigenvalue weighted by Gasteiger charge is 2.24. The van der Waals surface area contributed by atoms with Crippen LogP contribution in [0.3, 0.4) is 0 Å². The molecule has 0 bridgehead atoms. The highest BCUT2D eigenvalue weighted by molar-refractivity contribution is 7.89. The van der Waals surface area contributed by atoms with E-state index in [0.717, 1.165) is 41.9 Å². The van der Waals surface area contributed by atoms with Gasteiger partial charge >= 0.3 is 0 Å². The molecule has 0 unspecified atom stereocenters. The topological polar surface area (TPSA) is 82.1 Å². The minimum Gasteiger partial charge on any atom is -0.368 e. The van der Waals surface area contributed by atoms with E-state index in [1.165, 1.54) is 11.4 Å². The average Bonchev–Trinajstić information content (AvgIpc) is 3.40. The van der Waals surface area contributed by atoms with Gasteiger partial charge in [-0.05, 0) is 23.4 Å². The van der Waals surface area contributed by atoms with Crippen LogP contribution in [0.25, 0.3) is 10.8 Å². The van der Waals surface area contributed by atoms with Gasteiger partial charge in [0.05, 0.1) is 11.4 Å². The summed E-state index contributed by atoms with van der Waals surface area (Å²) in [4.78, 5) is 19.0. The van der Waals surface area contributed by atoms with Gasteiger partial charge in [0, 0.05) is 51.1 Å². The summed E-state index contributed by atoms with van der Waals surface area (Å²) in [5.74, 6) is 0.850. The number of hydrogen-bond donors (Lipinski definition) is 1. The van der Waals surface area contributed by atoms with E-state index >= 15 is 0 Å². The SMILES string of the molecule is CN(CCc1ccc(C2=NCCN2)cc1)C(=O)CCN(C)S(=O)(=O)c1cccc2ccccc12. The van der Waals surface area contributed by atoms with Gasteiger partial charge in [0.25, 0.3) is 0 Å². The number of rotatable bonds is 9. The number of nitrogens with zero attached hydrogens (tertiary/aromatic N) is 3. The summed E-state index contributed by atoms with van der Waals surface area (Å²) >= 11 is 0. The van der Waals surface area contributed by atoms with Crippen molar-refractivity contribution in [2.24, 2.45) is 4.99 Å². The molecule has 0 atom stereocenters. The van der Waals surface area contributed by atoms with Crippen LogP contribution >= 0.6 is 0 Å². The Morgan fingerprint density at radius 1 is 0.971 bits per heavy atom. The van der Waals surface area contributed by atoms with Crippen molar-refractivity contribution in [3.8, 4) is 0 Å². The van der Waals surface area contributed by atoms with Crippen LogP contribution in [0, 0.1) is 0 Å². The molecule has 34 heavy (non-hydrogen) atoms. The minimum atomic E-state index is -3.71. The lowest BCUT2D eigenvalue weighted by atomic mass is 10.1. The molecule has 3 aromatic carbocycles. The Labute approximate surface area is 201 Å². The predicted molar refractivity (Wildman–Crippen MR) is 136 cm³/mol. The zero-order valence-electron chi connectivity index (χ0n) is 19.6. The van der Waals surface area contributed by atoms with Gasteiger partial charge in [0.2, 0.25) is 15.9 Å². The minimum absolute atomic E-state index is 0.0823. The van der Waals surface area contributed by atoms with Gasteiger partial charge < -0.3 is 10.2 Å². The van der Waals surface area contributed by atoms with Crippen LogP contribution in [-0.4, -0.2) is 69.6 Å². The Hall–Kier alpha value is -3.23. The van der Waals surface area contributed by atoms with Crippen LogP contribution in [0.1, 0.15) is 17.5 Å². The van der Waals surface area contributed by atoms with Crippen molar-refractivity contribution in [2.45, 2.75) is 17.7 Å². The quantitative estimate of drug-likeness (QED) is 0.513. The number of likely N-dealkylation sites (N-methyl/N-ethyl adjacent to an activating group) is 1. The first kappa shape index (κ1) is 23.9. The van der Waals surface area contributed by atoms with Crippen molar-refractivity contribution in [1.29, 1.82) is 0 Å². The maximum absolute atomic E-state index is 13.2. The number of nitrogens with one attached hydrogen (secondary N) is 1. The van der Waals surface area contributed by atoms with Gasteiger partial charge in [-0.1, -0.05) is 60.7 Å². The number of sulfonamides is 1. The van der Waals surface area contributed by atoms with E-state index in [-0.39, 0.29) is 23.8 Å². The van der Waals surface area contributed by atoms with E-state index in [1.54, 1.807) is 30.1 Å². The molecule has 1 N–H and O–H groups in total. The van der Waals surface area contributed by atoms with Crippen LogP contribution in [-0.2, 0) is 21.2 Å². The number of carbonyl (C=O) groups excluding carboxylic acids is 1. The smallest absolute Gasteiger partial charge is 0.243 e. The third-order valence-electron chi connectivity index (χ3n) is 6.14. The van der Waals surface area contributed by atoms with Crippen molar-refractivity contribution < 1.29 is 13.2 Å². The lowest BCUT2D eigenvalue weighted by Gasteiger charge is -2.21. The molecule has 0 aromatic heterocycles. The Morgan fingerprint density at radius 2 is 1.71 bits per heavy atom. The standard InChI is InChI=1S/C26H30N4O3S/c1-29(18-14-20-10-12-22(13-11-20)26-27-16-17-28-26)25(31)15-19-30(2)34(32,33)24-9-5-7-21-6-3-4-8-23(21)24/h3-13H,14-19H2,1-2H3,(H,27,28). The van der Waals surface area contributed by atoms with Crippen molar-refractivity contribution >= 4 is 32.5 Å². The van der Waals surface area contributed by atoms with Gasteiger partial charge in [0.1, 0.15) is 5.84 Å². The summed E-state index contributed by atoms with van der Waals surface area (Å²) in [6, 6.07) is 20.8. The fourth-order valence-corrected chi connectivity index (χ4v) is 5.38. The number of hydrogen-bond acceptors (Lipinski definition) is 5. The lowest BCUT2D eigenvalue weighted by Crippen LogP contribution is -2.34. The molecule has 0 radical (unpaired) electrons. The monoisotopic (exact) mass is 478 g/mol. The summed E-state index contributed by atoms with van der Waals surface area (Å²) in [6.07, 6.45) is 0.855. The molecule has 0 saturated heterocycles. The van der Waals surface area contributed by atoms with Gasteiger partial charge in [-0.2, -0.15) is 0 Å². The van der Waals surface area contributed by atoms with Crippen LogP contribution in [0.2, 0.25) is 0 Å². The summed E-state index contributed by atoms with van der Waals surface area (Å²) in [7, 11) is -0.425. The zero-order chi connectivity index (χ0) is 24.1. The molecule has 0 fully saturated rings. The Morgan fingerprint density at radius 3 is 2.44 bits per heavy atom. The zero-order valence-corrected chi connectivity index (χ0v) is 20.4. The number of carbonyl (C=O) groups is 1. The normalized spacial score (nSPS) is 13.7. The maximum atomic E-state index is 13.2. The summed E-state index contributed by atoms with van der Waals surface area (Å²) in [6.45, 7) is 2.38. The highest BCUT2D eigenvalue weighted by atomic mass is 32.2. The molecule has 8 heteroatoms. The van der Waals surface area contributed by atoms with E-state index in [4.69, 9.17) is 0 Å². The number of amidine groups is 1. The second kappa shape index (κ2) is 10.4. The molecule has 7 nitrogen and oxygen atoms in total. The van der Waals surface area contributed by atoms with E-state index in [9.17, 15) is 13.2 Å². The second-order valence-corrected chi connectivity index (χ2v) is 10.5. The molecule has 1 aliphatic heterocycles. The molecule has 1 amide bonds. The molecule has 178 valence electrons. The number of fused-ring (bicyclic) bond motifs is 1. The first-order valence-electron chi connectivity index (χ1n) is 11.4. The first-order valence-corrected chi connectivity index (χ1v) is 12.9.